The summed E-state index contributed by atoms with van der Waals surface area (Å²) in [5.74, 6) is -0.162. The number of carbonyl (C=O) groups excluding carboxylic acids is 3. The molecule has 0 aliphatic rings. The Morgan fingerprint density at radius 1 is 0.744 bits per heavy atom. The van der Waals surface area contributed by atoms with Crippen molar-refractivity contribution < 1.29 is 19.1 Å². The van der Waals surface area contributed by atoms with Crippen LogP contribution in [0.15, 0.2) is 0 Å². The molecule has 0 aromatic carbocycles. The lowest BCUT2D eigenvalue weighted by molar-refractivity contribution is -0.130. The number of alkyl carbamates (subject to hydrolysis) is 1. The van der Waals surface area contributed by atoms with Crippen molar-refractivity contribution in [1.82, 2.24) is 16.0 Å². The van der Waals surface area contributed by atoms with Gasteiger partial charge in [-0.1, -0.05) is 118 Å². The van der Waals surface area contributed by atoms with E-state index in [9.17, 15) is 14.4 Å². The molecule has 1 unspecified atom stereocenters. The van der Waals surface area contributed by atoms with Gasteiger partial charge in [0.2, 0.25) is 11.8 Å². The summed E-state index contributed by atoms with van der Waals surface area (Å²) < 4.78 is 5.29. The van der Waals surface area contributed by atoms with Gasteiger partial charge in [-0.25, -0.2) is 4.79 Å². The van der Waals surface area contributed by atoms with Gasteiger partial charge in [0.1, 0.15) is 6.04 Å². The molecule has 0 spiro atoms. The van der Waals surface area contributed by atoms with Crippen LogP contribution in [0.1, 0.15) is 152 Å². The Kier molecular flexibility index (Phi) is 20.1. The molecular formula is C32H63N3O4. The maximum Gasteiger partial charge on any atom is 0.407 e. The van der Waals surface area contributed by atoms with Gasteiger partial charge in [0, 0.05) is 12.5 Å². The van der Waals surface area contributed by atoms with E-state index in [0.29, 0.717) is 12.5 Å². The molecule has 0 bridgehead atoms. The van der Waals surface area contributed by atoms with Crippen LogP contribution in [0.4, 0.5) is 4.79 Å². The van der Waals surface area contributed by atoms with E-state index < -0.39 is 17.7 Å². The monoisotopic (exact) mass is 553 g/mol. The van der Waals surface area contributed by atoms with Crippen LogP contribution in [0.2, 0.25) is 0 Å². The smallest absolute Gasteiger partial charge is 0.407 e. The lowest BCUT2D eigenvalue weighted by Gasteiger charge is -2.44. The highest BCUT2D eigenvalue weighted by Crippen LogP contribution is 2.36. The van der Waals surface area contributed by atoms with Crippen LogP contribution < -0.4 is 16.0 Å². The Balaban J connectivity index is 4.14. The molecule has 0 aliphatic heterocycles. The van der Waals surface area contributed by atoms with Gasteiger partial charge in [-0.3, -0.25) is 9.59 Å². The summed E-state index contributed by atoms with van der Waals surface area (Å²) >= 11 is 0. The number of hydrogen-bond acceptors (Lipinski definition) is 4. The SMILES string of the molecule is CCCCCCCCCCCCCCCCOC(=O)NCC(NC(C)=O)C(=O)NC(C)(C)C(C)(C)CC(C)C. The predicted molar refractivity (Wildman–Crippen MR) is 163 cm³/mol. The van der Waals surface area contributed by atoms with Crippen molar-refractivity contribution in [2.75, 3.05) is 13.2 Å². The van der Waals surface area contributed by atoms with Crippen LogP contribution in [0.5, 0.6) is 0 Å². The lowest BCUT2D eigenvalue weighted by Crippen LogP contribution is -2.60. The third-order valence-corrected chi connectivity index (χ3v) is 7.92. The average molecular weight is 554 g/mol. The summed E-state index contributed by atoms with van der Waals surface area (Å²) in [6.07, 6.45) is 18.2. The van der Waals surface area contributed by atoms with E-state index in [2.05, 4.69) is 50.6 Å². The summed E-state index contributed by atoms with van der Waals surface area (Å²) in [6.45, 7) is 16.5. The number of ether oxygens (including phenoxy) is 1. The van der Waals surface area contributed by atoms with Gasteiger partial charge in [-0.05, 0) is 38.0 Å². The second-order valence-corrected chi connectivity index (χ2v) is 13.0. The molecule has 0 saturated heterocycles. The van der Waals surface area contributed by atoms with Gasteiger partial charge >= 0.3 is 6.09 Å². The van der Waals surface area contributed by atoms with Gasteiger partial charge in [-0.15, -0.1) is 0 Å². The fourth-order valence-electron chi connectivity index (χ4n) is 4.99. The highest BCUT2D eigenvalue weighted by atomic mass is 16.5. The van der Waals surface area contributed by atoms with E-state index in [1.165, 1.54) is 77.6 Å². The van der Waals surface area contributed by atoms with Crippen molar-refractivity contribution in [2.45, 2.75) is 163 Å². The summed E-state index contributed by atoms with van der Waals surface area (Å²) in [5, 5.41) is 8.37. The molecule has 0 rings (SSSR count). The van der Waals surface area contributed by atoms with E-state index in [0.717, 1.165) is 25.7 Å². The minimum Gasteiger partial charge on any atom is -0.450 e. The Morgan fingerprint density at radius 2 is 1.21 bits per heavy atom. The van der Waals surface area contributed by atoms with E-state index in [4.69, 9.17) is 4.74 Å². The summed E-state index contributed by atoms with van der Waals surface area (Å²) in [6, 6.07) is -0.870. The largest absolute Gasteiger partial charge is 0.450 e. The Labute approximate surface area is 240 Å². The molecule has 0 saturated carbocycles. The fraction of sp³-hybridized carbons (Fsp3) is 0.906. The average Bonchev–Trinajstić information content (AvgIpc) is 2.82. The topological polar surface area (TPSA) is 96.5 Å². The standard InChI is InChI=1S/C32H63N3O4/c1-9-10-11-12-13-14-15-16-17-18-19-20-21-22-23-39-30(38)33-25-28(34-27(4)36)29(37)35-32(7,8)31(5,6)24-26(2)3/h26,28H,9-25H2,1-8H3,(H,33,38)(H,34,36)(H,35,37). The van der Waals surface area contributed by atoms with Crippen LogP contribution in [-0.2, 0) is 14.3 Å². The van der Waals surface area contributed by atoms with Gasteiger partial charge in [-0.2, -0.15) is 0 Å². The van der Waals surface area contributed by atoms with Crippen LogP contribution >= 0.6 is 0 Å². The van der Waals surface area contributed by atoms with Crippen LogP contribution in [0.25, 0.3) is 0 Å². The first-order valence-corrected chi connectivity index (χ1v) is 15.8. The Bertz CT molecular complexity index is 676. The first-order valence-electron chi connectivity index (χ1n) is 15.8. The van der Waals surface area contributed by atoms with Crippen molar-refractivity contribution in [1.29, 1.82) is 0 Å². The Hall–Kier alpha value is -1.79. The van der Waals surface area contributed by atoms with Crippen LogP contribution in [0.3, 0.4) is 0 Å². The van der Waals surface area contributed by atoms with Crippen LogP contribution in [0, 0.1) is 11.3 Å². The quantitative estimate of drug-likeness (QED) is 0.113. The zero-order valence-electron chi connectivity index (χ0n) is 26.8. The van der Waals surface area contributed by atoms with E-state index in [1.807, 2.05) is 13.8 Å². The third-order valence-electron chi connectivity index (χ3n) is 7.92. The number of nitrogens with one attached hydrogen (secondary N) is 3. The number of unbranched alkanes of at least 4 members (excludes halogenated alkanes) is 13. The number of hydrogen-bond donors (Lipinski definition) is 3. The third kappa shape index (κ3) is 19.0. The molecule has 0 fully saturated rings. The number of rotatable bonds is 23. The molecular weight excluding hydrogens is 490 g/mol. The van der Waals surface area contributed by atoms with Crippen molar-refractivity contribution in [3.63, 3.8) is 0 Å². The predicted octanol–water partition coefficient (Wildman–Crippen LogP) is 7.67. The molecule has 0 heterocycles. The Morgan fingerprint density at radius 3 is 1.64 bits per heavy atom. The fourth-order valence-corrected chi connectivity index (χ4v) is 4.99. The van der Waals surface area contributed by atoms with Gasteiger partial charge < -0.3 is 20.7 Å². The lowest BCUT2D eigenvalue weighted by atomic mass is 9.69. The van der Waals surface area contributed by atoms with Crippen molar-refractivity contribution in [3.05, 3.63) is 0 Å². The normalized spacial score (nSPS) is 12.7. The number of carbonyl (C=O) groups is 3. The molecule has 1 atom stereocenters. The molecule has 3 amide bonds. The van der Waals surface area contributed by atoms with E-state index in [1.54, 1.807) is 0 Å². The molecule has 0 aromatic heterocycles. The van der Waals surface area contributed by atoms with E-state index in [-0.39, 0.29) is 23.8 Å². The molecule has 0 radical (unpaired) electrons. The zero-order chi connectivity index (χ0) is 29.7. The van der Waals surface area contributed by atoms with E-state index >= 15 is 0 Å². The van der Waals surface area contributed by atoms with Crippen LogP contribution in [-0.4, -0.2) is 42.6 Å². The maximum absolute atomic E-state index is 13.0. The van der Waals surface area contributed by atoms with Gasteiger partial charge in [0.15, 0.2) is 0 Å². The highest BCUT2D eigenvalue weighted by Gasteiger charge is 2.39. The first kappa shape index (κ1) is 37.2. The van der Waals surface area contributed by atoms with Gasteiger partial charge in [0.05, 0.1) is 13.2 Å². The molecule has 0 aromatic rings. The highest BCUT2D eigenvalue weighted by molar-refractivity contribution is 5.88. The van der Waals surface area contributed by atoms with Crippen molar-refractivity contribution in [2.24, 2.45) is 11.3 Å². The molecule has 7 nitrogen and oxygen atoms in total. The first-order chi connectivity index (χ1) is 18.3. The maximum atomic E-state index is 13.0. The molecule has 0 aliphatic carbocycles. The number of amides is 3. The second kappa shape index (κ2) is 21.0. The minimum absolute atomic E-state index is 0.0241. The van der Waals surface area contributed by atoms with Gasteiger partial charge in [0.25, 0.3) is 0 Å². The van der Waals surface area contributed by atoms with Crippen molar-refractivity contribution >= 4 is 17.9 Å². The molecule has 7 heteroatoms. The second-order valence-electron chi connectivity index (χ2n) is 13.0. The molecule has 3 N–H and O–H groups in total. The van der Waals surface area contributed by atoms with Crippen molar-refractivity contribution in [3.8, 4) is 0 Å². The summed E-state index contributed by atoms with van der Waals surface area (Å²) in [5.41, 5.74) is -0.656. The summed E-state index contributed by atoms with van der Waals surface area (Å²) in [7, 11) is 0. The molecule has 39 heavy (non-hydrogen) atoms. The summed E-state index contributed by atoms with van der Waals surface area (Å²) in [4.78, 5) is 36.9. The molecule has 230 valence electrons. The minimum atomic E-state index is -0.870. The zero-order valence-corrected chi connectivity index (χ0v) is 26.8.